The number of nitrogens with one attached hydrogen (secondary N) is 1. The summed E-state index contributed by atoms with van der Waals surface area (Å²) in [7, 11) is 1.97. The first-order chi connectivity index (χ1) is 8.63. The highest BCUT2D eigenvalue weighted by atomic mass is 15.1. The van der Waals surface area contributed by atoms with E-state index in [1.54, 1.807) is 0 Å². The molecule has 3 heteroatoms. The zero-order valence-electron chi connectivity index (χ0n) is 11.6. The molecule has 0 saturated heterocycles. The SMILES string of the molecule is CNCCc1nccn1-c1c(C)cc(C)cc1C. The van der Waals surface area contributed by atoms with E-state index in [-0.39, 0.29) is 0 Å². The van der Waals surface area contributed by atoms with Gasteiger partial charge in [-0.1, -0.05) is 17.7 Å². The monoisotopic (exact) mass is 243 g/mol. The molecule has 2 rings (SSSR count). The number of hydrogen-bond donors (Lipinski definition) is 1. The number of benzene rings is 1. The van der Waals surface area contributed by atoms with Crippen LogP contribution in [-0.4, -0.2) is 23.1 Å². The van der Waals surface area contributed by atoms with E-state index < -0.39 is 0 Å². The average Bonchev–Trinajstić information content (AvgIpc) is 2.73. The number of imidazole rings is 1. The minimum absolute atomic E-state index is 0.941. The van der Waals surface area contributed by atoms with E-state index in [4.69, 9.17) is 0 Å². The molecular formula is C15H21N3. The first-order valence-corrected chi connectivity index (χ1v) is 6.38. The van der Waals surface area contributed by atoms with Gasteiger partial charge in [0.05, 0.1) is 5.69 Å². The second-order valence-electron chi connectivity index (χ2n) is 4.81. The smallest absolute Gasteiger partial charge is 0.114 e. The Hall–Kier alpha value is -1.61. The summed E-state index contributed by atoms with van der Waals surface area (Å²) in [6.45, 7) is 7.41. The molecule has 0 atom stereocenters. The van der Waals surface area contributed by atoms with E-state index >= 15 is 0 Å². The van der Waals surface area contributed by atoms with Crippen molar-refractivity contribution in [1.82, 2.24) is 14.9 Å². The molecule has 0 fully saturated rings. The Morgan fingerprint density at radius 2 is 1.83 bits per heavy atom. The van der Waals surface area contributed by atoms with Crippen molar-refractivity contribution >= 4 is 0 Å². The first kappa shape index (κ1) is 12.8. The Kier molecular flexibility index (Phi) is 3.82. The van der Waals surface area contributed by atoms with Crippen LogP contribution in [0.3, 0.4) is 0 Å². The molecule has 0 spiro atoms. The van der Waals surface area contributed by atoms with Gasteiger partial charge in [-0.05, 0) is 38.9 Å². The highest BCUT2D eigenvalue weighted by Gasteiger charge is 2.10. The van der Waals surface area contributed by atoms with Crippen molar-refractivity contribution < 1.29 is 0 Å². The summed E-state index contributed by atoms with van der Waals surface area (Å²) in [4.78, 5) is 4.46. The molecule has 1 heterocycles. The quantitative estimate of drug-likeness (QED) is 0.894. The van der Waals surface area contributed by atoms with Crippen molar-refractivity contribution in [1.29, 1.82) is 0 Å². The van der Waals surface area contributed by atoms with Gasteiger partial charge in [-0.25, -0.2) is 4.98 Å². The number of aryl methyl sites for hydroxylation is 3. The van der Waals surface area contributed by atoms with Gasteiger partial charge in [-0.2, -0.15) is 0 Å². The van der Waals surface area contributed by atoms with Crippen LogP contribution in [0.2, 0.25) is 0 Å². The van der Waals surface area contributed by atoms with E-state index in [9.17, 15) is 0 Å². The Balaban J connectivity index is 2.46. The molecule has 0 saturated carbocycles. The summed E-state index contributed by atoms with van der Waals surface area (Å²) >= 11 is 0. The summed E-state index contributed by atoms with van der Waals surface area (Å²) in [5.41, 5.74) is 5.18. The zero-order chi connectivity index (χ0) is 13.1. The van der Waals surface area contributed by atoms with Crippen LogP contribution >= 0.6 is 0 Å². The predicted molar refractivity (Wildman–Crippen MR) is 75.4 cm³/mol. The van der Waals surface area contributed by atoms with Crippen LogP contribution < -0.4 is 5.32 Å². The molecule has 0 radical (unpaired) electrons. The fraction of sp³-hybridized carbons (Fsp3) is 0.400. The van der Waals surface area contributed by atoms with Gasteiger partial charge in [0.15, 0.2) is 0 Å². The van der Waals surface area contributed by atoms with E-state index in [0.29, 0.717) is 0 Å². The lowest BCUT2D eigenvalue weighted by atomic mass is 10.0. The largest absolute Gasteiger partial charge is 0.319 e. The Morgan fingerprint density at radius 3 is 2.44 bits per heavy atom. The van der Waals surface area contributed by atoms with Crippen LogP contribution in [0.15, 0.2) is 24.5 Å². The van der Waals surface area contributed by atoms with Gasteiger partial charge in [-0.15, -0.1) is 0 Å². The van der Waals surface area contributed by atoms with Crippen molar-refractivity contribution in [2.24, 2.45) is 0 Å². The van der Waals surface area contributed by atoms with E-state index in [0.717, 1.165) is 18.8 Å². The molecule has 18 heavy (non-hydrogen) atoms. The van der Waals surface area contributed by atoms with Gasteiger partial charge in [0.2, 0.25) is 0 Å². The topological polar surface area (TPSA) is 29.9 Å². The van der Waals surface area contributed by atoms with E-state index in [1.807, 2.05) is 13.2 Å². The lowest BCUT2D eigenvalue weighted by Crippen LogP contribution is -2.14. The van der Waals surface area contributed by atoms with Gasteiger partial charge in [0, 0.05) is 25.4 Å². The fourth-order valence-corrected chi connectivity index (χ4v) is 2.51. The molecule has 96 valence electrons. The lowest BCUT2D eigenvalue weighted by molar-refractivity contribution is 0.742. The molecule has 0 amide bonds. The Morgan fingerprint density at radius 1 is 1.17 bits per heavy atom. The molecule has 1 aromatic carbocycles. The van der Waals surface area contributed by atoms with Crippen LogP contribution in [0, 0.1) is 20.8 Å². The zero-order valence-corrected chi connectivity index (χ0v) is 11.6. The van der Waals surface area contributed by atoms with Crippen molar-refractivity contribution in [3.63, 3.8) is 0 Å². The second kappa shape index (κ2) is 5.36. The van der Waals surface area contributed by atoms with Gasteiger partial charge in [-0.3, -0.25) is 0 Å². The molecule has 2 aromatic rings. The third-order valence-electron chi connectivity index (χ3n) is 3.19. The van der Waals surface area contributed by atoms with Gasteiger partial charge in [0.1, 0.15) is 5.82 Å². The highest BCUT2D eigenvalue weighted by molar-refractivity contribution is 5.49. The van der Waals surface area contributed by atoms with E-state index in [1.165, 1.54) is 22.4 Å². The van der Waals surface area contributed by atoms with Crippen molar-refractivity contribution in [2.75, 3.05) is 13.6 Å². The molecule has 1 N–H and O–H groups in total. The molecule has 3 nitrogen and oxygen atoms in total. The maximum atomic E-state index is 4.46. The summed E-state index contributed by atoms with van der Waals surface area (Å²) in [5, 5.41) is 3.17. The normalized spacial score (nSPS) is 10.9. The summed E-state index contributed by atoms with van der Waals surface area (Å²) in [5.74, 6) is 1.11. The number of aromatic nitrogens is 2. The van der Waals surface area contributed by atoms with Gasteiger partial charge in [0.25, 0.3) is 0 Å². The first-order valence-electron chi connectivity index (χ1n) is 6.38. The third kappa shape index (κ3) is 2.46. The maximum absolute atomic E-state index is 4.46. The Labute approximate surface area is 109 Å². The molecule has 0 bridgehead atoms. The number of rotatable bonds is 4. The predicted octanol–water partition coefficient (Wildman–Crippen LogP) is 2.56. The Bertz CT molecular complexity index is 517. The van der Waals surface area contributed by atoms with E-state index in [2.05, 4.69) is 54.0 Å². The summed E-state index contributed by atoms with van der Waals surface area (Å²) < 4.78 is 2.21. The number of likely N-dealkylation sites (N-methyl/N-ethyl adjacent to an activating group) is 1. The molecular weight excluding hydrogens is 222 g/mol. The van der Waals surface area contributed by atoms with Gasteiger partial charge >= 0.3 is 0 Å². The highest BCUT2D eigenvalue weighted by Crippen LogP contribution is 2.22. The molecule has 0 unspecified atom stereocenters. The van der Waals surface area contributed by atoms with Crippen LogP contribution in [0.1, 0.15) is 22.5 Å². The molecule has 0 aliphatic heterocycles. The third-order valence-corrected chi connectivity index (χ3v) is 3.19. The van der Waals surface area contributed by atoms with Crippen molar-refractivity contribution in [3.05, 3.63) is 47.0 Å². The number of nitrogens with zero attached hydrogens (tertiary/aromatic N) is 2. The van der Waals surface area contributed by atoms with Crippen LogP contribution in [0.25, 0.3) is 5.69 Å². The molecule has 0 aliphatic rings. The molecule has 1 aromatic heterocycles. The summed E-state index contributed by atoms with van der Waals surface area (Å²) in [6, 6.07) is 4.45. The van der Waals surface area contributed by atoms with Crippen LogP contribution in [0.5, 0.6) is 0 Å². The second-order valence-corrected chi connectivity index (χ2v) is 4.81. The lowest BCUT2D eigenvalue weighted by Gasteiger charge is -2.15. The average molecular weight is 243 g/mol. The maximum Gasteiger partial charge on any atom is 0.114 e. The minimum atomic E-state index is 0.941. The minimum Gasteiger partial charge on any atom is -0.319 e. The van der Waals surface area contributed by atoms with Crippen LogP contribution in [0.4, 0.5) is 0 Å². The van der Waals surface area contributed by atoms with Crippen LogP contribution in [-0.2, 0) is 6.42 Å². The van der Waals surface area contributed by atoms with Crippen molar-refractivity contribution in [2.45, 2.75) is 27.2 Å². The number of hydrogen-bond acceptors (Lipinski definition) is 2. The van der Waals surface area contributed by atoms with Crippen molar-refractivity contribution in [3.8, 4) is 5.69 Å². The fourth-order valence-electron chi connectivity index (χ4n) is 2.51. The van der Waals surface area contributed by atoms with Gasteiger partial charge < -0.3 is 9.88 Å². The molecule has 0 aliphatic carbocycles. The standard InChI is InChI=1S/C15H21N3/c1-11-9-12(2)15(13(3)10-11)18-8-7-17-14(18)5-6-16-4/h7-10,16H,5-6H2,1-4H3. The summed E-state index contributed by atoms with van der Waals surface area (Å²) in [6.07, 6.45) is 4.87.